The number of aliphatic carboxylic acids is 1. The normalized spacial score (nSPS) is 14.3. The van der Waals surface area contributed by atoms with E-state index in [0.29, 0.717) is 25.0 Å². The molecule has 0 aliphatic heterocycles. The Morgan fingerprint density at radius 1 is 1.08 bits per heavy atom. The Balaban J connectivity index is 4.91. The fourth-order valence-electron chi connectivity index (χ4n) is 1.89. The van der Waals surface area contributed by atoms with Gasteiger partial charge in [0.1, 0.15) is 12.1 Å². The smallest absolute Gasteiger partial charge is 0.305 e. The first-order valence-electron chi connectivity index (χ1n) is 7.59. The molecule has 0 heterocycles. The van der Waals surface area contributed by atoms with Crippen molar-refractivity contribution in [3.05, 3.63) is 0 Å². The first-order chi connectivity index (χ1) is 11.2. The minimum atomic E-state index is -1.32. The van der Waals surface area contributed by atoms with Crippen LogP contribution in [0.4, 0.5) is 0 Å². The number of hydrogen-bond acceptors (Lipinski definition) is 6. The Bertz CT molecular complexity index is 460. The van der Waals surface area contributed by atoms with E-state index in [-0.39, 0.29) is 0 Å². The first kappa shape index (κ1) is 22.2. The maximum absolute atomic E-state index is 12.2. The molecule has 0 aliphatic carbocycles. The highest BCUT2D eigenvalue weighted by atomic mass is 32.2. The van der Waals surface area contributed by atoms with Gasteiger partial charge in [-0.05, 0) is 24.9 Å². The summed E-state index contributed by atoms with van der Waals surface area (Å²) < 4.78 is 0. The zero-order valence-electron chi connectivity index (χ0n) is 13.9. The van der Waals surface area contributed by atoms with Crippen LogP contribution in [0.5, 0.6) is 0 Å². The van der Waals surface area contributed by atoms with Gasteiger partial charge in [-0.25, -0.2) is 0 Å². The van der Waals surface area contributed by atoms with E-state index in [0.717, 1.165) is 0 Å². The summed E-state index contributed by atoms with van der Waals surface area (Å²) in [6.45, 7) is 1.81. The Kier molecular flexibility index (Phi) is 10.8. The van der Waals surface area contributed by atoms with Gasteiger partial charge in [-0.1, -0.05) is 13.3 Å². The van der Waals surface area contributed by atoms with Crippen LogP contribution in [-0.2, 0) is 19.2 Å². The predicted molar refractivity (Wildman–Crippen MR) is 91.2 cm³/mol. The minimum absolute atomic E-state index is 0.321. The van der Waals surface area contributed by atoms with Gasteiger partial charge in [-0.15, -0.1) is 0 Å². The molecular formula is C14H26N4O5S. The molecule has 0 saturated carbocycles. The Hall–Kier alpha value is -1.81. The summed E-state index contributed by atoms with van der Waals surface area (Å²) >= 11 is 1.52. The second kappa shape index (κ2) is 11.7. The molecule has 24 heavy (non-hydrogen) atoms. The fraction of sp³-hybridized carbons (Fsp3) is 0.714. The number of thioether (sulfide) groups is 1. The van der Waals surface area contributed by atoms with Crippen molar-refractivity contribution in [2.45, 2.75) is 50.7 Å². The number of amides is 3. The summed E-state index contributed by atoms with van der Waals surface area (Å²) in [5.74, 6) is -2.72. The van der Waals surface area contributed by atoms with E-state index < -0.39 is 48.2 Å². The van der Waals surface area contributed by atoms with Gasteiger partial charge in [-0.3, -0.25) is 19.2 Å². The van der Waals surface area contributed by atoms with Crippen LogP contribution in [-0.4, -0.2) is 58.9 Å². The molecule has 9 nitrogen and oxygen atoms in total. The van der Waals surface area contributed by atoms with E-state index >= 15 is 0 Å². The molecule has 1 unspecified atom stereocenters. The average molecular weight is 362 g/mol. The summed E-state index contributed by atoms with van der Waals surface area (Å²) in [5, 5.41) is 13.6. The Morgan fingerprint density at radius 2 is 1.67 bits per heavy atom. The fourth-order valence-corrected chi connectivity index (χ4v) is 2.37. The zero-order valence-corrected chi connectivity index (χ0v) is 14.7. The van der Waals surface area contributed by atoms with Gasteiger partial charge in [0.05, 0.1) is 12.5 Å². The van der Waals surface area contributed by atoms with Crippen LogP contribution < -0.4 is 22.1 Å². The number of carboxylic acid groups (broad SMARTS) is 1. The van der Waals surface area contributed by atoms with Crippen molar-refractivity contribution in [1.29, 1.82) is 0 Å². The molecule has 0 aromatic rings. The second-order valence-corrected chi connectivity index (χ2v) is 6.28. The Labute approximate surface area is 145 Å². The lowest BCUT2D eigenvalue weighted by atomic mass is 10.1. The highest BCUT2D eigenvalue weighted by molar-refractivity contribution is 7.98. The zero-order chi connectivity index (χ0) is 18.7. The molecule has 0 rings (SSSR count). The summed E-state index contributed by atoms with van der Waals surface area (Å²) in [5.41, 5.74) is 10.9. The van der Waals surface area contributed by atoms with E-state index in [2.05, 4.69) is 10.6 Å². The molecule has 0 aromatic heterocycles. The highest BCUT2D eigenvalue weighted by Crippen LogP contribution is 2.02. The maximum atomic E-state index is 12.2. The predicted octanol–water partition coefficient (Wildman–Crippen LogP) is -1.20. The molecular weight excluding hydrogens is 336 g/mol. The lowest BCUT2D eigenvalue weighted by molar-refractivity contribution is -0.141. The van der Waals surface area contributed by atoms with Crippen LogP contribution in [0.2, 0.25) is 0 Å². The van der Waals surface area contributed by atoms with E-state index in [1.807, 2.05) is 13.2 Å². The third kappa shape index (κ3) is 8.73. The van der Waals surface area contributed by atoms with Crippen LogP contribution in [0.15, 0.2) is 0 Å². The quantitative estimate of drug-likeness (QED) is 0.291. The van der Waals surface area contributed by atoms with Crippen molar-refractivity contribution in [2.75, 3.05) is 12.0 Å². The van der Waals surface area contributed by atoms with Crippen molar-refractivity contribution >= 4 is 35.5 Å². The van der Waals surface area contributed by atoms with Crippen LogP contribution in [0.25, 0.3) is 0 Å². The van der Waals surface area contributed by atoms with Crippen molar-refractivity contribution in [2.24, 2.45) is 11.5 Å². The highest BCUT2D eigenvalue weighted by Gasteiger charge is 2.28. The molecule has 138 valence electrons. The molecule has 7 N–H and O–H groups in total. The summed E-state index contributed by atoms with van der Waals surface area (Å²) in [6, 6.07) is -3.08. The maximum Gasteiger partial charge on any atom is 0.305 e. The number of carboxylic acids is 1. The van der Waals surface area contributed by atoms with Gasteiger partial charge < -0.3 is 27.2 Å². The van der Waals surface area contributed by atoms with Crippen molar-refractivity contribution in [3.63, 3.8) is 0 Å². The van der Waals surface area contributed by atoms with Gasteiger partial charge in [0.15, 0.2) is 0 Å². The lowest BCUT2D eigenvalue weighted by Crippen LogP contribution is -2.55. The topological polar surface area (TPSA) is 165 Å². The molecule has 0 spiro atoms. The minimum Gasteiger partial charge on any atom is -0.481 e. The SMILES string of the molecule is CCCC(NC(=O)[C@H](CC(=O)O)NC(=O)[C@@H](N)CCSC)C(N)=O. The monoisotopic (exact) mass is 362 g/mol. The molecule has 0 radical (unpaired) electrons. The van der Waals surface area contributed by atoms with Gasteiger partial charge in [0, 0.05) is 0 Å². The van der Waals surface area contributed by atoms with Crippen molar-refractivity contribution in [3.8, 4) is 0 Å². The summed E-state index contributed by atoms with van der Waals surface area (Å²) in [4.78, 5) is 46.4. The number of primary amides is 1. The average Bonchev–Trinajstić information content (AvgIpc) is 2.50. The van der Waals surface area contributed by atoms with Gasteiger partial charge in [-0.2, -0.15) is 11.8 Å². The third-order valence-electron chi connectivity index (χ3n) is 3.22. The molecule has 0 saturated heterocycles. The van der Waals surface area contributed by atoms with Crippen LogP contribution in [0, 0.1) is 0 Å². The largest absolute Gasteiger partial charge is 0.481 e. The lowest BCUT2D eigenvalue weighted by Gasteiger charge is -2.22. The van der Waals surface area contributed by atoms with Gasteiger partial charge in [0.25, 0.3) is 0 Å². The van der Waals surface area contributed by atoms with Crippen LogP contribution >= 0.6 is 11.8 Å². The number of hydrogen-bond donors (Lipinski definition) is 5. The van der Waals surface area contributed by atoms with E-state index in [9.17, 15) is 19.2 Å². The molecule has 10 heteroatoms. The Morgan fingerprint density at radius 3 is 2.12 bits per heavy atom. The number of nitrogens with two attached hydrogens (primary N) is 2. The van der Waals surface area contributed by atoms with E-state index in [4.69, 9.17) is 16.6 Å². The molecule has 0 aliphatic rings. The van der Waals surface area contributed by atoms with Gasteiger partial charge in [0.2, 0.25) is 17.7 Å². The van der Waals surface area contributed by atoms with Crippen molar-refractivity contribution in [1.82, 2.24) is 10.6 Å². The number of nitrogens with one attached hydrogen (secondary N) is 2. The number of carbonyl (C=O) groups excluding carboxylic acids is 3. The molecule has 3 amide bonds. The van der Waals surface area contributed by atoms with E-state index in [1.54, 1.807) is 0 Å². The molecule has 0 bridgehead atoms. The second-order valence-electron chi connectivity index (χ2n) is 5.30. The van der Waals surface area contributed by atoms with Crippen molar-refractivity contribution < 1.29 is 24.3 Å². The van der Waals surface area contributed by atoms with Crippen LogP contribution in [0.3, 0.4) is 0 Å². The first-order valence-corrected chi connectivity index (χ1v) is 8.98. The van der Waals surface area contributed by atoms with E-state index in [1.165, 1.54) is 11.8 Å². The third-order valence-corrected chi connectivity index (χ3v) is 3.86. The summed E-state index contributed by atoms with van der Waals surface area (Å²) in [7, 11) is 0. The number of rotatable bonds is 12. The van der Waals surface area contributed by atoms with Gasteiger partial charge >= 0.3 is 5.97 Å². The molecule has 3 atom stereocenters. The molecule has 0 aromatic carbocycles. The number of carbonyl (C=O) groups is 4. The van der Waals surface area contributed by atoms with Crippen LogP contribution in [0.1, 0.15) is 32.6 Å². The summed E-state index contributed by atoms with van der Waals surface area (Å²) in [6.07, 6.45) is 2.56. The standard InChI is InChI=1S/C14H26N4O5S/c1-3-4-9(12(16)21)17-14(23)10(7-11(19)20)18-13(22)8(15)5-6-24-2/h8-10H,3-7,15H2,1-2H3,(H2,16,21)(H,17,23)(H,18,22)(H,19,20)/t8-,9?,10-/m0/s1. The molecule has 0 fully saturated rings.